The summed E-state index contributed by atoms with van der Waals surface area (Å²) in [6, 6.07) is 8.66. The molecule has 1 aliphatic rings. The van der Waals surface area contributed by atoms with Gasteiger partial charge in [-0.15, -0.1) is 5.17 Å². The highest BCUT2D eigenvalue weighted by molar-refractivity contribution is 5.89. The van der Waals surface area contributed by atoms with E-state index < -0.39 is 5.63 Å². The Hall–Kier alpha value is -2.43. The first-order valence-electron chi connectivity index (χ1n) is 4.75. The van der Waals surface area contributed by atoms with Crippen molar-refractivity contribution in [2.75, 3.05) is 5.17 Å². The fourth-order valence-electron chi connectivity index (χ4n) is 1.61. The molecule has 1 N–H and O–H groups in total. The van der Waals surface area contributed by atoms with E-state index in [1.165, 1.54) is 17.5 Å². The Morgan fingerprint density at radius 1 is 1.25 bits per heavy atom. The predicted molar refractivity (Wildman–Crippen MR) is 58.3 cm³/mol. The van der Waals surface area contributed by atoms with Gasteiger partial charge in [0.2, 0.25) is 0 Å². The Morgan fingerprint density at radius 2 is 2.12 bits per heavy atom. The van der Waals surface area contributed by atoms with Gasteiger partial charge >= 0.3 is 5.63 Å². The highest BCUT2D eigenvalue weighted by atomic mass is 16.7. The van der Waals surface area contributed by atoms with Gasteiger partial charge in [0.1, 0.15) is 17.5 Å². The number of fused-ring (bicyclic) bond motifs is 1. The molecule has 5 heteroatoms. The standard InChI is InChI=1S/C11H8N2O3/c14-11-7-9(13-12-5-6-15-13)8-3-1-2-4-10(8)16-11/h1-7,12H. The van der Waals surface area contributed by atoms with E-state index in [1.54, 1.807) is 12.3 Å². The van der Waals surface area contributed by atoms with Gasteiger partial charge in [-0.25, -0.2) is 4.79 Å². The molecule has 0 bridgehead atoms. The van der Waals surface area contributed by atoms with Crippen molar-refractivity contribution in [3.8, 4) is 0 Å². The molecule has 0 radical (unpaired) electrons. The summed E-state index contributed by atoms with van der Waals surface area (Å²) in [5.41, 5.74) is 3.58. The third kappa shape index (κ3) is 1.30. The Bertz CT molecular complexity index is 610. The molecule has 0 unspecified atom stereocenters. The minimum absolute atomic E-state index is 0.411. The van der Waals surface area contributed by atoms with E-state index in [2.05, 4.69) is 5.43 Å². The van der Waals surface area contributed by atoms with Crippen molar-refractivity contribution in [2.45, 2.75) is 0 Å². The lowest BCUT2D eigenvalue weighted by atomic mass is 10.2. The summed E-state index contributed by atoms with van der Waals surface area (Å²) in [6.45, 7) is 0. The summed E-state index contributed by atoms with van der Waals surface area (Å²) < 4.78 is 5.08. The van der Waals surface area contributed by atoms with Crippen molar-refractivity contribution in [1.82, 2.24) is 5.43 Å². The molecule has 0 atom stereocenters. The van der Waals surface area contributed by atoms with Gasteiger partial charge < -0.3 is 9.25 Å². The molecule has 0 saturated heterocycles. The Balaban J connectivity index is 2.25. The number of rotatable bonds is 1. The highest BCUT2D eigenvalue weighted by Crippen LogP contribution is 2.24. The van der Waals surface area contributed by atoms with Crippen LogP contribution in [0.3, 0.4) is 0 Å². The molecule has 1 aromatic carbocycles. The van der Waals surface area contributed by atoms with Crippen LogP contribution in [0.15, 0.2) is 52.0 Å². The van der Waals surface area contributed by atoms with Crippen LogP contribution in [0, 0.1) is 0 Å². The first-order chi connectivity index (χ1) is 7.84. The molecule has 0 amide bonds. The van der Waals surface area contributed by atoms with Gasteiger partial charge in [-0.1, -0.05) is 12.1 Å². The predicted octanol–water partition coefficient (Wildman–Crippen LogP) is 1.52. The lowest BCUT2D eigenvalue weighted by Crippen LogP contribution is -2.28. The highest BCUT2D eigenvalue weighted by Gasteiger charge is 2.14. The van der Waals surface area contributed by atoms with Crippen molar-refractivity contribution >= 4 is 16.7 Å². The maximum atomic E-state index is 11.4. The second-order valence-corrected chi connectivity index (χ2v) is 3.28. The number of hydrogen-bond acceptors (Lipinski definition) is 5. The molecule has 1 aliphatic heterocycles. The second-order valence-electron chi connectivity index (χ2n) is 3.28. The summed E-state index contributed by atoms with van der Waals surface area (Å²) in [5.74, 6) is 0. The van der Waals surface area contributed by atoms with Crippen LogP contribution in [0.2, 0.25) is 0 Å². The molecule has 80 valence electrons. The van der Waals surface area contributed by atoms with E-state index in [9.17, 15) is 4.79 Å². The van der Waals surface area contributed by atoms with Crippen LogP contribution in [0.1, 0.15) is 0 Å². The molecule has 0 spiro atoms. The molecule has 0 fully saturated rings. The number of anilines is 1. The molecule has 5 nitrogen and oxygen atoms in total. The Labute approximate surface area is 90.5 Å². The van der Waals surface area contributed by atoms with E-state index in [-0.39, 0.29) is 0 Å². The van der Waals surface area contributed by atoms with Crippen LogP contribution in [0.5, 0.6) is 0 Å². The zero-order valence-corrected chi connectivity index (χ0v) is 8.21. The van der Waals surface area contributed by atoms with Crippen LogP contribution in [0.4, 0.5) is 5.69 Å². The van der Waals surface area contributed by atoms with Crippen molar-refractivity contribution in [3.63, 3.8) is 0 Å². The number of nitrogens with one attached hydrogen (secondary N) is 1. The normalized spacial score (nSPS) is 13.9. The molecule has 16 heavy (non-hydrogen) atoms. The number of nitrogens with zero attached hydrogens (tertiary/aromatic N) is 1. The van der Waals surface area contributed by atoms with Crippen molar-refractivity contribution < 1.29 is 9.25 Å². The monoisotopic (exact) mass is 216 g/mol. The van der Waals surface area contributed by atoms with Gasteiger partial charge in [0.25, 0.3) is 0 Å². The van der Waals surface area contributed by atoms with Gasteiger partial charge in [-0.2, -0.15) is 0 Å². The maximum Gasteiger partial charge on any atom is 0.338 e. The van der Waals surface area contributed by atoms with Crippen LogP contribution >= 0.6 is 0 Å². The van der Waals surface area contributed by atoms with E-state index in [1.807, 2.05) is 18.2 Å². The summed E-state index contributed by atoms with van der Waals surface area (Å²) in [6.07, 6.45) is 3.12. The third-order valence-electron chi connectivity index (χ3n) is 2.27. The van der Waals surface area contributed by atoms with Gasteiger partial charge in [-0.3, -0.25) is 5.43 Å². The smallest absolute Gasteiger partial charge is 0.338 e. The van der Waals surface area contributed by atoms with E-state index in [0.717, 1.165) is 5.39 Å². The summed E-state index contributed by atoms with van der Waals surface area (Å²) in [5, 5.41) is 2.21. The van der Waals surface area contributed by atoms with Crippen molar-refractivity contribution in [1.29, 1.82) is 0 Å². The molecule has 0 aliphatic carbocycles. The Morgan fingerprint density at radius 3 is 2.94 bits per heavy atom. The van der Waals surface area contributed by atoms with Gasteiger partial charge in [0.15, 0.2) is 0 Å². The minimum atomic E-state index is -0.411. The van der Waals surface area contributed by atoms with Gasteiger partial charge in [0.05, 0.1) is 12.3 Å². The zero-order valence-electron chi connectivity index (χ0n) is 8.21. The second kappa shape index (κ2) is 3.30. The molecule has 2 aromatic rings. The number of hydrazine groups is 1. The van der Waals surface area contributed by atoms with Crippen LogP contribution < -0.4 is 16.2 Å². The van der Waals surface area contributed by atoms with E-state index >= 15 is 0 Å². The van der Waals surface area contributed by atoms with Crippen LogP contribution in [-0.4, -0.2) is 0 Å². The number of benzene rings is 1. The fraction of sp³-hybridized carbons (Fsp3) is 0. The fourth-order valence-corrected chi connectivity index (χ4v) is 1.61. The average Bonchev–Trinajstić information content (AvgIpc) is 2.81. The summed E-state index contributed by atoms with van der Waals surface area (Å²) in [4.78, 5) is 16.5. The molecule has 0 saturated carbocycles. The third-order valence-corrected chi connectivity index (χ3v) is 2.27. The molecule has 2 heterocycles. The van der Waals surface area contributed by atoms with E-state index in [0.29, 0.717) is 11.3 Å². The van der Waals surface area contributed by atoms with E-state index in [4.69, 9.17) is 9.25 Å². The maximum absolute atomic E-state index is 11.4. The largest absolute Gasteiger partial charge is 0.423 e. The SMILES string of the molecule is O=c1cc(N2NC=CO2)c2ccccc2o1. The van der Waals surface area contributed by atoms with Gasteiger partial charge in [-0.05, 0) is 12.1 Å². The lowest BCUT2D eigenvalue weighted by molar-refractivity contribution is 0.222. The van der Waals surface area contributed by atoms with Crippen LogP contribution in [-0.2, 0) is 4.84 Å². The van der Waals surface area contributed by atoms with Crippen LogP contribution in [0.25, 0.3) is 11.0 Å². The average molecular weight is 216 g/mol. The number of hydrogen-bond donors (Lipinski definition) is 1. The van der Waals surface area contributed by atoms with Crippen molar-refractivity contribution in [3.05, 3.63) is 53.2 Å². The first-order valence-corrected chi connectivity index (χ1v) is 4.75. The Kier molecular flexibility index (Phi) is 1.83. The first kappa shape index (κ1) is 8.84. The van der Waals surface area contributed by atoms with Crippen molar-refractivity contribution in [2.24, 2.45) is 0 Å². The summed E-state index contributed by atoms with van der Waals surface area (Å²) in [7, 11) is 0. The lowest BCUT2D eigenvalue weighted by Gasteiger charge is -2.17. The zero-order chi connectivity index (χ0) is 11.0. The quantitative estimate of drug-likeness (QED) is 0.732. The minimum Gasteiger partial charge on any atom is -0.423 e. The molecular formula is C11H8N2O3. The number of para-hydroxylation sites is 1. The van der Waals surface area contributed by atoms with Gasteiger partial charge in [0, 0.05) is 5.39 Å². The summed E-state index contributed by atoms with van der Waals surface area (Å²) >= 11 is 0. The molecule has 3 rings (SSSR count). The molecular weight excluding hydrogens is 208 g/mol. The topological polar surface area (TPSA) is 54.7 Å². The molecule has 1 aromatic heterocycles.